The summed E-state index contributed by atoms with van der Waals surface area (Å²) in [4.78, 5) is 4.21. The molecular formula is C15H22N2. The molecule has 17 heavy (non-hydrogen) atoms. The Morgan fingerprint density at radius 2 is 2.06 bits per heavy atom. The zero-order valence-corrected chi connectivity index (χ0v) is 10.7. The van der Waals surface area contributed by atoms with E-state index in [2.05, 4.69) is 23.3 Å². The van der Waals surface area contributed by atoms with Crippen LogP contribution in [0.25, 0.3) is 0 Å². The predicted octanol–water partition coefficient (Wildman–Crippen LogP) is 3.77. The van der Waals surface area contributed by atoms with Gasteiger partial charge in [0, 0.05) is 12.2 Å². The second-order valence-corrected chi connectivity index (χ2v) is 5.80. The standard InChI is InChI=1S/C15H22N2/c1-11-7-8-16-10-15(11)17-14-4-2-3-13(9-14)12-5-6-12/h7-8,10,12-14,17H,2-6,9H2,1H3. The van der Waals surface area contributed by atoms with E-state index in [1.165, 1.54) is 49.8 Å². The normalized spacial score (nSPS) is 29.0. The van der Waals surface area contributed by atoms with Crippen molar-refractivity contribution < 1.29 is 0 Å². The van der Waals surface area contributed by atoms with Crippen LogP contribution in [0.1, 0.15) is 44.1 Å². The van der Waals surface area contributed by atoms with Gasteiger partial charge in [0.2, 0.25) is 0 Å². The minimum absolute atomic E-state index is 0.678. The van der Waals surface area contributed by atoms with E-state index < -0.39 is 0 Å². The van der Waals surface area contributed by atoms with E-state index in [0.717, 1.165) is 11.8 Å². The molecule has 0 aromatic carbocycles. The highest BCUT2D eigenvalue weighted by molar-refractivity contribution is 5.48. The van der Waals surface area contributed by atoms with Crippen LogP contribution in [0.15, 0.2) is 18.5 Å². The van der Waals surface area contributed by atoms with Crippen molar-refractivity contribution in [2.75, 3.05) is 5.32 Å². The predicted molar refractivity (Wildman–Crippen MR) is 71.1 cm³/mol. The molecule has 1 aromatic rings. The van der Waals surface area contributed by atoms with E-state index in [1.807, 2.05) is 12.4 Å². The monoisotopic (exact) mass is 230 g/mol. The van der Waals surface area contributed by atoms with Crippen LogP contribution in [0, 0.1) is 18.8 Å². The number of nitrogens with zero attached hydrogens (tertiary/aromatic N) is 1. The van der Waals surface area contributed by atoms with E-state index in [9.17, 15) is 0 Å². The molecule has 0 radical (unpaired) electrons. The van der Waals surface area contributed by atoms with Crippen molar-refractivity contribution in [3.8, 4) is 0 Å². The first-order valence-electron chi connectivity index (χ1n) is 7.00. The molecule has 2 heteroatoms. The average Bonchev–Trinajstić information content (AvgIpc) is 3.17. The minimum Gasteiger partial charge on any atom is -0.381 e. The summed E-state index contributed by atoms with van der Waals surface area (Å²) < 4.78 is 0. The molecule has 3 rings (SSSR count). The van der Waals surface area contributed by atoms with Gasteiger partial charge in [-0.25, -0.2) is 0 Å². The van der Waals surface area contributed by atoms with Crippen molar-refractivity contribution in [2.45, 2.75) is 51.5 Å². The quantitative estimate of drug-likeness (QED) is 0.855. The van der Waals surface area contributed by atoms with Crippen LogP contribution in [0.4, 0.5) is 5.69 Å². The van der Waals surface area contributed by atoms with Crippen LogP contribution in [0.5, 0.6) is 0 Å². The lowest BCUT2D eigenvalue weighted by Crippen LogP contribution is -2.28. The number of aryl methyl sites for hydroxylation is 1. The lowest BCUT2D eigenvalue weighted by Gasteiger charge is -2.30. The molecule has 0 amide bonds. The van der Waals surface area contributed by atoms with Gasteiger partial charge in [0.05, 0.1) is 11.9 Å². The molecule has 1 N–H and O–H groups in total. The molecule has 0 bridgehead atoms. The van der Waals surface area contributed by atoms with Crippen molar-refractivity contribution in [3.05, 3.63) is 24.0 Å². The Bertz CT molecular complexity index is 384. The van der Waals surface area contributed by atoms with Crippen molar-refractivity contribution in [1.82, 2.24) is 4.98 Å². The zero-order chi connectivity index (χ0) is 11.7. The third kappa shape index (κ3) is 2.62. The van der Waals surface area contributed by atoms with Crippen LogP contribution in [-0.2, 0) is 0 Å². The summed E-state index contributed by atoms with van der Waals surface area (Å²) in [7, 11) is 0. The first-order chi connectivity index (χ1) is 8.33. The summed E-state index contributed by atoms with van der Waals surface area (Å²) in [5, 5.41) is 3.70. The smallest absolute Gasteiger partial charge is 0.0558 e. The fraction of sp³-hybridized carbons (Fsp3) is 0.667. The Morgan fingerprint density at radius 3 is 2.82 bits per heavy atom. The Morgan fingerprint density at radius 1 is 1.18 bits per heavy atom. The van der Waals surface area contributed by atoms with Crippen LogP contribution in [-0.4, -0.2) is 11.0 Å². The van der Waals surface area contributed by atoms with Gasteiger partial charge in [-0.15, -0.1) is 0 Å². The lowest BCUT2D eigenvalue weighted by molar-refractivity contribution is 0.303. The Labute approximate surface area is 104 Å². The van der Waals surface area contributed by atoms with Crippen molar-refractivity contribution in [2.24, 2.45) is 11.8 Å². The van der Waals surface area contributed by atoms with Crippen LogP contribution in [0.3, 0.4) is 0 Å². The van der Waals surface area contributed by atoms with Crippen LogP contribution in [0.2, 0.25) is 0 Å². The fourth-order valence-electron chi connectivity index (χ4n) is 3.19. The van der Waals surface area contributed by atoms with Gasteiger partial charge in [0.1, 0.15) is 0 Å². The maximum Gasteiger partial charge on any atom is 0.0558 e. The third-order valence-corrected chi connectivity index (χ3v) is 4.40. The highest BCUT2D eigenvalue weighted by atomic mass is 14.9. The summed E-state index contributed by atoms with van der Waals surface area (Å²) in [5.74, 6) is 2.06. The SMILES string of the molecule is Cc1ccncc1NC1CCCC(C2CC2)C1. The first kappa shape index (κ1) is 11.1. The molecule has 2 saturated carbocycles. The molecular weight excluding hydrogens is 208 g/mol. The average molecular weight is 230 g/mol. The van der Waals surface area contributed by atoms with E-state index in [1.54, 1.807) is 0 Å². The minimum atomic E-state index is 0.678. The van der Waals surface area contributed by atoms with Crippen molar-refractivity contribution >= 4 is 5.69 Å². The molecule has 2 unspecified atom stereocenters. The topological polar surface area (TPSA) is 24.9 Å². The zero-order valence-electron chi connectivity index (χ0n) is 10.7. The van der Waals surface area contributed by atoms with Crippen molar-refractivity contribution in [1.29, 1.82) is 0 Å². The number of nitrogens with one attached hydrogen (secondary N) is 1. The maximum absolute atomic E-state index is 4.21. The van der Waals surface area contributed by atoms with E-state index in [4.69, 9.17) is 0 Å². The Balaban J connectivity index is 1.62. The largest absolute Gasteiger partial charge is 0.381 e. The second-order valence-electron chi connectivity index (χ2n) is 5.80. The number of pyridine rings is 1. The molecule has 2 aliphatic carbocycles. The first-order valence-corrected chi connectivity index (χ1v) is 7.00. The molecule has 2 aliphatic rings. The van der Waals surface area contributed by atoms with Gasteiger partial charge >= 0.3 is 0 Å². The Hall–Kier alpha value is -1.05. The fourth-order valence-corrected chi connectivity index (χ4v) is 3.19. The number of aromatic nitrogens is 1. The summed E-state index contributed by atoms with van der Waals surface area (Å²) in [6, 6.07) is 2.76. The second kappa shape index (κ2) is 4.67. The van der Waals surface area contributed by atoms with Gasteiger partial charge < -0.3 is 5.32 Å². The van der Waals surface area contributed by atoms with Crippen LogP contribution >= 0.6 is 0 Å². The maximum atomic E-state index is 4.21. The molecule has 2 atom stereocenters. The van der Waals surface area contributed by atoms with Crippen molar-refractivity contribution in [3.63, 3.8) is 0 Å². The summed E-state index contributed by atoms with van der Waals surface area (Å²) in [6.45, 7) is 2.16. The van der Waals surface area contributed by atoms with Gasteiger partial charge in [0.25, 0.3) is 0 Å². The highest BCUT2D eigenvalue weighted by Crippen LogP contribution is 2.44. The van der Waals surface area contributed by atoms with E-state index in [-0.39, 0.29) is 0 Å². The molecule has 0 saturated heterocycles. The molecule has 92 valence electrons. The Kier molecular flexibility index (Phi) is 3.04. The van der Waals surface area contributed by atoms with E-state index >= 15 is 0 Å². The molecule has 1 heterocycles. The summed E-state index contributed by atoms with van der Waals surface area (Å²) in [5.41, 5.74) is 2.54. The van der Waals surface area contributed by atoms with Crippen LogP contribution < -0.4 is 5.32 Å². The molecule has 2 fully saturated rings. The molecule has 0 spiro atoms. The molecule has 0 aliphatic heterocycles. The molecule has 2 nitrogen and oxygen atoms in total. The van der Waals surface area contributed by atoms with Gasteiger partial charge in [-0.3, -0.25) is 4.98 Å². The third-order valence-electron chi connectivity index (χ3n) is 4.40. The number of rotatable bonds is 3. The number of hydrogen-bond donors (Lipinski definition) is 1. The molecule has 1 aromatic heterocycles. The van der Waals surface area contributed by atoms with Gasteiger partial charge in [0.15, 0.2) is 0 Å². The summed E-state index contributed by atoms with van der Waals surface area (Å²) >= 11 is 0. The number of hydrogen-bond acceptors (Lipinski definition) is 2. The van der Waals surface area contributed by atoms with Gasteiger partial charge in [-0.1, -0.05) is 12.8 Å². The number of anilines is 1. The van der Waals surface area contributed by atoms with Gasteiger partial charge in [-0.2, -0.15) is 0 Å². The van der Waals surface area contributed by atoms with Gasteiger partial charge in [-0.05, 0) is 56.1 Å². The highest BCUT2D eigenvalue weighted by Gasteiger charge is 2.34. The lowest BCUT2D eigenvalue weighted by atomic mass is 9.82. The van der Waals surface area contributed by atoms with E-state index in [0.29, 0.717) is 6.04 Å². The summed E-state index contributed by atoms with van der Waals surface area (Å²) in [6.07, 6.45) is 12.4.